The standard InChI is InChI=1S/C14H21N3O2/c1-10(2)19-13(18)4-3-11-7-12-9-15-5-6-16-14(12)17-8-11/h3-4,7,10-11,15H,5-6,8-9H2,1-2H3,(H,16,17)/b4-3+. The van der Waals surface area contributed by atoms with Crippen LogP contribution in [-0.2, 0) is 9.53 Å². The Morgan fingerprint density at radius 1 is 1.53 bits per heavy atom. The van der Waals surface area contributed by atoms with Crippen molar-refractivity contribution in [1.29, 1.82) is 0 Å². The number of carbonyl (C=O) groups excluding carboxylic acids is 1. The van der Waals surface area contributed by atoms with Gasteiger partial charge in [-0.1, -0.05) is 12.2 Å². The van der Waals surface area contributed by atoms with Crippen LogP contribution in [0.2, 0.25) is 0 Å². The summed E-state index contributed by atoms with van der Waals surface area (Å²) in [6, 6.07) is 0. The van der Waals surface area contributed by atoms with E-state index < -0.39 is 0 Å². The molecule has 5 nitrogen and oxygen atoms in total. The highest BCUT2D eigenvalue weighted by Gasteiger charge is 2.17. The summed E-state index contributed by atoms with van der Waals surface area (Å²) in [5.41, 5.74) is 1.18. The van der Waals surface area contributed by atoms with Gasteiger partial charge in [0.2, 0.25) is 0 Å². The molecule has 0 aromatic heterocycles. The Labute approximate surface area is 113 Å². The van der Waals surface area contributed by atoms with Gasteiger partial charge in [-0.3, -0.25) is 4.99 Å². The molecule has 0 amide bonds. The highest BCUT2D eigenvalue weighted by Crippen LogP contribution is 2.14. The number of fused-ring (bicyclic) bond motifs is 1. The third-order valence-corrected chi connectivity index (χ3v) is 2.92. The van der Waals surface area contributed by atoms with Crippen LogP contribution in [0.4, 0.5) is 0 Å². The van der Waals surface area contributed by atoms with E-state index in [0.717, 1.165) is 25.5 Å². The summed E-state index contributed by atoms with van der Waals surface area (Å²) in [5, 5.41) is 6.63. The molecule has 0 aromatic rings. The van der Waals surface area contributed by atoms with Crippen LogP contribution in [0, 0.1) is 5.92 Å². The summed E-state index contributed by atoms with van der Waals surface area (Å²) < 4.78 is 5.06. The summed E-state index contributed by atoms with van der Waals surface area (Å²) in [6.07, 6.45) is 5.44. The monoisotopic (exact) mass is 263 g/mol. The lowest BCUT2D eigenvalue weighted by Crippen LogP contribution is -2.29. The molecule has 19 heavy (non-hydrogen) atoms. The lowest BCUT2D eigenvalue weighted by Gasteiger charge is -2.17. The van der Waals surface area contributed by atoms with Crippen LogP contribution in [0.3, 0.4) is 0 Å². The van der Waals surface area contributed by atoms with E-state index in [1.807, 2.05) is 19.9 Å². The zero-order valence-electron chi connectivity index (χ0n) is 11.5. The number of aliphatic imine (C=N–C) groups is 1. The number of dihydropyridines is 1. The second-order valence-electron chi connectivity index (χ2n) is 4.99. The molecule has 0 spiro atoms. The first-order valence-electron chi connectivity index (χ1n) is 6.74. The molecule has 5 heteroatoms. The van der Waals surface area contributed by atoms with Gasteiger partial charge < -0.3 is 15.4 Å². The molecule has 0 bridgehead atoms. The minimum atomic E-state index is -0.291. The summed E-state index contributed by atoms with van der Waals surface area (Å²) in [4.78, 5) is 16.0. The third-order valence-electron chi connectivity index (χ3n) is 2.92. The van der Waals surface area contributed by atoms with Crippen LogP contribution in [0.15, 0.2) is 28.8 Å². The first-order valence-corrected chi connectivity index (χ1v) is 6.74. The number of ether oxygens (including phenoxy) is 1. The van der Waals surface area contributed by atoms with Crippen LogP contribution in [-0.4, -0.2) is 44.1 Å². The summed E-state index contributed by atoms with van der Waals surface area (Å²) in [7, 11) is 0. The number of hydrogen-bond acceptors (Lipinski definition) is 5. The van der Waals surface area contributed by atoms with Gasteiger partial charge in [-0.25, -0.2) is 4.79 Å². The molecule has 2 heterocycles. The molecule has 2 aliphatic rings. The van der Waals surface area contributed by atoms with E-state index in [1.165, 1.54) is 11.6 Å². The van der Waals surface area contributed by atoms with Gasteiger partial charge in [0.25, 0.3) is 0 Å². The quantitative estimate of drug-likeness (QED) is 0.579. The number of amidine groups is 1. The van der Waals surface area contributed by atoms with Crippen molar-refractivity contribution in [2.24, 2.45) is 10.9 Å². The van der Waals surface area contributed by atoms with Gasteiger partial charge in [-0.05, 0) is 13.8 Å². The Hall–Kier alpha value is -1.62. The minimum Gasteiger partial charge on any atom is -0.460 e. The summed E-state index contributed by atoms with van der Waals surface area (Å²) in [5.74, 6) is 0.861. The van der Waals surface area contributed by atoms with Crippen molar-refractivity contribution in [2.45, 2.75) is 20.0 Å². The Morgan fingerprint density at radius 2 is 2.37 bits per heavy atom. The molecule has 1 fully saturated rings. The molecule has 1 saturated heterocycles. The van der Waals surface area contributed by atoms with Gasteiger partial charge in [0.1, 0.15) is 5.84 Å². The van der Waals surface area contributed by atoms with Gasteiger partial charge in [-0.2, -0.15) is 0 Å². The first kappa shape index (κ1) is 13.8. The molecule has 0 aliphatic carbocycles. The molecule has 1 atom stereocenters. The molecular weight excluding hydrogens is 242 g/mol. The average molecular weight is 263 g/mol. The number of nitrogens with one attached hydrogen (secondary N) is 2. The Balaban J connectivity index is 1.95. The van der Waals surface area contributed by atoms with Gasteiger partial charge in [-0.15, -0.1) is 0 Å². The lowest BCUT2D eigenvalue weighted by molar-refractivity contribution is -0.141. The summed E-state index contributed by atoms with van der Waals surface area (Å²) in [6.45, 7) is 7.03. The zero-order valence-corrected chi connectivity index (χ0v) is 11.5. The minimum absolute atomic E-state index is 0.0817. The fraction of sp³-hybridized carbons (Fsp3) is 0.571. The van der Waals surface area contributed by atoms with E-state index in [0.29, 0.717) is 6.54 Å². The number of esters is 1. The number of carbonyl (C=O) groups is 1. The molecule has 2 rings (SSSR count). The van der Waals surface area contributed by atoms with Crippen molar-refractivity contribution in [3.8, 4) is 0 Å². The van der Waals surface area contributed by atoms with E-state index in [-0.39, 0.29) is 18.0 Å². The van der Waals surface area contributed by atoms with E-state index in [2.05, 4.69) is 21.7 Å². The van der Waals surface area contributed by atoms with E-state index in [9.17, 15) is 4.79 Å². The molecule has 0 aromatic carbocycles. The maximum absolute atomic E-state index is 11.4. The first-order chi connectivity index (χ1) is 9.15. The molecule has 1 unspecified atom stereocenters. The smallest absolute Gasteiger partial charge is 0.330 e. The van der Waals surface area contributed by atoms with Gasteiger partial charge >= 0.3 is 5.97 Å². The van der Waals surface area contributed by atoms with Crippen LogP contribution in [0.5, 0.6) is 0 Å². The van der Waals surface area contributed by atoms with Gasteiger partial charge in [0.15, 0.2) is 0 Å². The van der Waals surface area contributed by atoms with Crippen LogP contribution in [0.1, 0.15) is 13.8 Å². The van der Waals surface area contributed by atoms with Crippen molar-refractivity contribution in [3.05, 3.63) is 23.8 Å². The zero-order chi connectivity index (χ0) is 13.7. The van der Waals surface area contributed by atoms with Gasteiger partial charge in [0.05, 0.1) is 12.6 Å². The van der Waals surface area contributed by atoms with Crippen molar-refractivity contribution >= 4 is 11.8 Å². The molecule has 2 aliphatic heterocycles. The van der Waals surface area contributed by atoms with Crippen molar-refractivity contribution in [3.63, 3.8) is 0 Å². The Bertz CT molecular complexity index is 424. The normalized spacial score (nSPS) is 23.2. The molecule has 104 valence electrons. The highest BCUT2D eigenvalue weighted by atomic mass is 16.5. The highest BCUT2D eigenvalue weighted by molar-refractivity contribution is 5.99. The molecule has 0 radical (unpaired) electrons. The SMILES string of the molecule is CC(C)OC(=O)/C=C/C1C=C2CNCCNC2=NC1. The van der Waals surface area contributed by atoms with Crippen LogP contribution >= 0.6 is 0 Å². The Morgan fingerprint density at radius 3 is 3.16 bits per heavy atom. The van der Waals surface area contributed by atoms with Crippen molar-refractivity contribution < 1.29 is 9.53 Å². The van der Waals surface area contributed by atoms with Gasteiger partial charge in [0, 0.05) is 37.2 Å². The fourth-order valence-electron chi connectivity index (χ4n) is 2.08. The number of nitrogens with zero attached hydrogens (tertiary/aromatic N) is 1. The third kappa shape index (κ3) is 4.21. The topological polar surface area (TPSA) is 62.7 Å². The predicted octanol–water partition coefficient (Wildman–Crippen LogP) is 0.642. The Kier molecular flexibility index (Phi) is 4.74. The largest absolute Gasteiger partial charge is 0.460 e. The molecular formula is C14H21N3O2. The number of hydrogen-bond donors (Lipinski definition) is 2. The van der Waals surface area contributed by atoms with Crippen molar-refractivity contribution in [1.82, 2.24) is 10.6 Å². The lowest BCUT2D eigenvalue weighted by atomic mass is 10.0. The average Bonchev–Trinajstić information content (AvgIpc) is 2.60. The van der Waals surface area contributed by atoms with E-state index in [1.54, 1.807) is 0 Å². The number of rotatable bonds is 3. The summed E-state index contributed by atoms with van der Waals surface area (Å²) >= 11 is 0. The van der Waals surface area contributed by atoms with E-state index >= 15 is 0 Å². The maximum atomic E-state index is 11.4. The van der Waals surface area contributed by atoms with E-state index in [4.69, 9.17) is 4.74 Å². The molecule has 2 N–H and O–H groups in total. The fourth-order valence-corrected chi connectivity index (χ4v) is 2.08. The maximum Gasteiger partial charge on any atom is 0.330 e. The second-order valence-corrected chi connectivity index (χ2v) is 4.99. The second kappa shape index (κ2) is 6.52. The van der Waals surface area contributed by atoms with Crippen molar-refractivity contribution in [2.75, 3.05) is 26.2 Å². The van der Waals surface area contributed by atoms with Crippen LogP contribution < -0.4 is 10.6 Å². The molecule has 0 saturated carbocycles. The predicted molar refractivity (Wildman–Crippen MR) is 75.1 cm³/mol. The van der Waals surface area contributed by atoms with Crippen LogP contribution in [0.25, 0.3) is 0 Å².